The van der Waals surface area contributed by atoms with Crippen LogP contribution in [-0.4, -0.2) is 11.9 Å². The smallest absolute Gasteiger partial charge is 0.245 e. The molecule has 1 amide bonds. The van der Waals surface area contributed by atoms with E-state index in [1.165, 1.54) is 6.08 Å². The molecule has 3 nitrogen and oxygen atoms in total. The number of nitrogens with two attached hydrogens (primary N) is 1. The molecular weight excluding hydrogens is 128 g/mol. The van der Waals surface area contributed by atoms with Crippen molar-refractivity contribution in [2.75, 3.05) is 0 Å². The van der Waals surface area contributed by atoms with E-state index >= 15 is 0 Å². The van der Waals surface area contributed by atoms with E-state index in [9.17, 15) is 4.79 Å². The summed E-state index contributed by atoms with van der Waals surface area (Å²) in [6, 6.07) is 0.170. The summed E-state index contributed by atoms with van der Waals surface area (Å²) >= 11 is 0. The molecule has 0 aromatic rings. The van der Waals surface area contributed by atoms with Gasteiger partial charge in [0.15, 0.2) is 0 Å². The Bertz CT molecular complexity index is 146. The average molecular weight is 142 g/mol. The molecule has 0 radical (unpaired) electrons. The van der Waals surface area contributed by atoms with Crippen LogP contribution in [0.4, 0.5) is 0 Å². The summed E-state index contributed by atoms with van der Waals surface area (Å²) in [6.45, 7) is 5.48. The van der Waals surface area contributed by atoms with Crippen LogP contribution in [0.25, 0.3) is 0 Å². The summed E-state index contributed by atoms with van der Waals surface area (Å²) in [5, 5.41) is 2.68. The van der Waals surface area contributed by atoms with E-state index in [-0.39, 0.29) is 11.9 Å². The molecule has 0 aliphatic carbocycles. The standard InChI is InChI=1S/C7H14N2O/c1-5(2)9-7(10)4-6(3)8/h4-5H,8H2,1-3H3,(H,9,10)/b6-4-. The SMILES string of the molecule is C/C(N)=C/C(=O)NC(C)C. The summed E-state index contributed by atoms with van der Waals surface area (Å²) in [6.07, 6.45) is 1.38. The molecule has 0 aliphatic rings. The van der Waals surface area contributed by atoms with Crippen LogP contribution in [0, 0.1) is 0 Å². The van der Waals surface area contributed by atoms with Crippen LogP contribution in [0.3, 0.4) is 0 Å². The number of allylic oxidation sites excluding steroid dienone is 1. The lowest BCUT2D eigenvalue weighted by molar-refractivity contribution is -0.117. The van der Waals surface area contributed by atoms with Crippen LogP contribution in [0.5, 0.6) is 0 Å². The van der Waals surface area contributed by atoms with Crippen molar-refractivity contribution in [1.29, 1.82) is 0 Å². The number of carbonyl (C=O) groups excluding carboxylic acids is 1. The number of hydrogen-bond acceptors (Lipinski definition) is 2. The Morgan fingerprint density at radius 3 is 2.40 bits per heavy atom. The van der Waals surface area contributed by atoms with Crippen LogP contribution in [0.2, 0.25) is 0 Å². The maximum atomic E-state index is 10.8. The number of nitrogens with one attached hydrogen (secondary N) is 1. The molecule has 3 heteroatoms. The second-order valence-corrected chi connectivity index (χ2v) is 2.55. The largest absolute Gasteiger partial charge is 0.402 e. The van der Waals surface area contributed by atoms with Gasteiger partial charge in [-0.3, -0.25) is 4.79 Å². The Morgan fingerprint density at radius 1 is 1.60 bits per heavy atom. The summed E-state index contributed by atoms with van der Waals surface area (Å²) in [5.41, 5.74) is 5.80. The fourth-order valence-electron chi connectivity index (χ4n) is 0.533. The van der Waals surface area contributed by atoms with Gasteiger partial charge >= 0.3 is 0 Å². The summed E-state index contributed by atoms with van der Waals surface area (Å²) < 4.78 is 0. The third kappa shape index (κ3) is 5.15. The Labute approximate surface area is 61.3 Å². The number of rotatable bonds is 2. The Hall–Kier alpha value is -0.990. The van der Waals surface area contributed by atoms with Gasteiger partial charge in [-0.05, 0) is 20.8 Å². The Kier molecular flexibility index (Phi) is 3.54. The molecule has 10 heavy (non-hydrogen) atoms. The van der Waals surface area contributed by atoms with Crippen molar-refractivity contribution in [3.63, 3.8) is 0 Å². The first-order valence-electron chi connectivity index (χ1n) is 3.26. The minimum atomic E-state index is -0.130. The van der Waals surface area contributed by atoms with Crippen LogP contribution in [0.15, 0.2) is 11.8 Å². The second-order valence-electron chi connectivity index (χ2n) is 2.55. The van der Waals surface area contributed by atoms with Gasteiger partial charge in [0, 0.05) is 17.8 Å². The molecular formula is C7H14N2O. The van der Waals surface area contributed by atoms with Gasteiger partial charge in [0.2, 0.25) is 5.91 Å². The minimum absolute atomic E-state index is 0.130. The zero-order valence-corrected chi connectivity index (χ0v) is 6.64. The van der Waals surface area contributed by atoms with Crippen LogP contribution in [-0.2, 0) is 4.79 Å². The van der Waals surface area contributed by atoms with Crippen molar-refractivity contribution in [2.45, 2.75) is 26.8 Å². The summed E-state index contributed by atoms with van der Waals surface area (Å²) in [7, 11) is 0. The molecule has 0 aromatic carbocycles. The van der Waals surface area contributed by atoms with Crippen LogP contribution in [0.1, 0.15) is 20.8 Å². The predicted octanol–water partition coefficient (Wildman–Crippen LogP) is 0.373. The molecule has 0 saturated carbocycles. The number of amides is 1. The highest BCUT2D eigenvalue weighted by molar-refractivity contribution is 5.88. The molecule has 0 saturated heterocycles. The lowest BCUT2D eigenvalue weighted by Gasteiger charge is -2.04. The van der Waals surface area contributed by atoms with E-state index in [0.29, 0.717) is 5.70 Å². The quantitative estimate of drug-likeness (QED) is 0.547. The van der Waals surface area contributed by atoms with E-state index in [2.05, 4.69) is 5.32 Å². The predicted molar refractivity (Wildman–Crippen MR) is 41.2 cm³/mol. The van der Waals surface area contributed by atoms with Gasteiger partial charge in [-0.2, -0.15) is 0 Å². The van der Waals surface area contributed by atoms with Gasteiger partial charge in [-0.1, -0.05) is 0 Å². The van der Waals surface area contributed by atoms with Crippen molar-refractivity contribution in [2.24, 2.45) is 5.73 Å². The summed E-state index contributed by atoms with van der Waals surface area (Å²) in [4.78, 5) is 10.8. The first-order chi connectivity index (χ1) is 4.52. The molecule has 0 aliphatic heterocycles. The minimum Gasteiger partial charge on any atom is -0.402 e. The molecule has 3 N–H and O–H groups in total. The van der Waals surface area contributed by atoms with Gasteiger partial charge in [-0.15, -0.1) is 0 Å². The molecule has 58 valence electrons. The lowest BCUT2D eigenvalue weighted by Crippen LogP contribution is -2.28. The third-order valence-electron chi connectivity index (χ3n) is 0.790. The van der Waals surface area contributed by atoms with E-state index in [4.69, 9.17) is 5.73 Å². The van der Waals surface area contributed by atoms with E-state index in [1.54, 1.807) is 6.92 Å². The van der Waals surface area contributed by atoms with Gasteiger partial charge < -0.3 is 11.1 Å². The Morgan fingerprint density at radius 2 is 2.10 bits per heavy atom. The molecule has 0 bridgehead atoms. The zero-order valence-electron chi connectivity index (χ0n) is 6.64. The first-order valence-corrected chi connectivity index (χ1v) is 3.26. The van der Waals surface area contributed by atoms with Gasteiger partial charge in [0.25, 0.3) is 0 Å². The highest BCUT2D eigenvalue weighted by Crippen LogP contribution is 1.82. The van der Waals surface area contributed by atoms with Crippen molar-refractivity contribution in [1.82, 2.24) is 5.32 Å². The Balaban J connectivity index is 3.76. The fourth-order valence-corrected chi connectivity index (χ4v) is 0.533. The number of hydrogen-bond donors (Lipinski definition) is 2. The van der Waals surface area contributed by atoms with Crippen molar-refractivity contribution in [3.8, 4) is 0 Å². The van der Waals surface area contributed by atoms with Gasteiger partial charge in [0.05, 0.1) is 0 Å². The maximum Gasteiger partial charge on any atom is 0.245 e. The first kappa shape index (κ1) is 9.01. The molecule has 0 aromatic heterocycles. The summed E-state index contributed by atoms with van der Waals surface area (Å²) in [5.74, 6) is -0.130. The lowest BCUT2D eigenvalue weighted by atomic mass is 10.3. The van der Waals surface area contributed by atoms with E-state index < -0.39 is 0 Å². The third-order valence-corrected chi connectivity index (χ3v) is 0.790. The maximum absolute atomic E-state index is 10.8. The molecule has 0 fully saturated rings. The zero-order chi connectivity index (χ0) is 8.15. The van der Waals surface area contributed by atoms with E-state index in [1.807, 2.05) is 13.8 Å². The second kappa shape index (κ2) is 3.93. The van der Waals surface area contributed by atoms with Crippen LogP contribution >= 0.6 is 0 Å². The average Bonchev–Trinajstić information content (AvgIpc) is 1.58. The molecule has 0 rings (SSSR count). The normalized spacial score (nSPS) is 11.8. The topological polar surface area (TPSA) is 55.1 Å². The molecule has 0 spiro atoms. The van der Waals surface area contributed by atoms with Crippen molar-refractivity contribution >= 4 is 5.91 Å². The highest BCUT2D eigenvalue weighted by atomic mass is 16.1. The fraction of sp³-hybridized carbons (Fsp3) is 0.571. The molecule has 0 heterocycles. The molecule has 0 atom stereocenters. The van der Waals surface area contributed by atoms with E-state index in [0.717, 1.165) is 0 Å². The monoisotopic (exact) mass is 142 g/mol. The van der Waals surface area contributed by atoms with Crippen molar-refractivity contribution < 1.29 is 4.79 Å². The number of carbonyl (C=O) groups is 1. The highest BCUT2D eigenvalue weighted by Gasteiger charge is 1.97. The molecule has 0 unspecified atom stereocenters. The van der Waals surface area contributed by atoms with Gasteiger partial charge in [-0.25, -0.2) is 0 Å². The van der Waals surface area contributed by atoms with Gasteiger partial charge in [0.1, 0.15) is 0 Å². The van der Waals surface area contributed by atoms with Crippen molar-refractivity contribution in [3.05, 3.63) is 11.8 Å². The van der Waals surface area contributed by atoms with Crippen LogP contribution < -0.4 is 11.1 Å².